The Balaban J connectivity index is 0.000000980. The van der Waals surface area contributed by atoms with Crippen molar-refractivity contribution in [2.75, 3.05) is 20.6 Å². The van der Waals surface area contributed by atoms with E-state index in [2.05, 4.69) is 25.1 Å². The van der Waals surface area contributed by atoms with Gasteiger partial charge in [-0.2, -0.15) is 0 Å². The van der Waals surface area contributed by atoms with Crippen molar-refractivity contribution in [1.82, 2.24) is 4.98 Å². The number of rotatable bonds is 1. The van der Waals surface area contributed by atoms with E-state index < -0.39 is 0 Å². The molecule has 0 spiro atoms. The summed E-state index contributed by atoms with van der Waals surface area (Å²) in [5, 5.41) is 0. The van der Waals surface area contributed by atoms with Gasteiger partial charge in [-0.05, 0) is 6.07 Å². The molecular formula is C11H17BrN2. The molecule has 78 valence electrons. The molecule has 0 amide bonds. The zero-order chi connectivity index (χ0) is 9.31. The van der Waals surface area contributed by atoms with Crippen molar-refractivity contribution >= 4 is 0 Å². The molecule has 1 saturated heterocycles. The summed E-state index contributed by atoms with van der Waals surface area (Å²) < 4.78 is 1.12. The number of likely N-dealkylation sites (tertiary alicyclic amines) is 1. The van der Waals surface area contributed by atoms with Gasteiger partial charge in [0, 0.05) is 30.8 Å². The van der Waals surface area contributed by atoms with E-state index in [0.29, 0.717) is 6.04 Å². The fourth-order valence-electron chi connectivity index (χ4n) is 2.34. The Bertz CT molecular complexity index is 285. The van der Waals surface area contributed by atoms with Gasteiger partial charge in [0.05, 0.1) is 20.6 Å². The summed E-state index contributed by atoms with van der Waals surface area (Å²) in [6.07, 6.45) is 6.50. The summed E-state index contributed by atoms with van der Waals surface area (Å²) in [6.45, 7) is 1.29. The monoisotopic (exact) mass is 256 g/mol. The highest BCUT2D eigenvalue weighted by molar-refractivity contribution is 5.12. The molecule has 1 atom stereocenters. The maximum absolute atomic E-state index is 4.18. The molecule has 0 N–H and O–H groups in total. The first-order valence-corrected chi connectivity index (χ1v) is 4.93. The van der Waals surface area contributed by atoms with Crippen molar-refractivity contribution in [3.63, 3.8) is 0 Å². The SMILES string of the molecule is C[N+]1(C)CCC[C@H]1c1cccnc1.[Br-]. The molecule has 14 heavy (non-hydrogen) atoms. The fourth-order valence-corrected chi connectivity index (χ4v) is 2.34. The molecule has 1 aliphatic rings. The van der Waals surface area contributed by atoms with Crippen LogP contribution in [0.4, 0.5) is 0 Å². The lowest BCUT2D eigenvalue weighted by Gasteiger charge is -2.31. The van der Waals surface area contributed by atoms with Crippen LogP contribution in [0.3, 0.4) is 0 Å². The van der Waals surface area contributed by atoms with E-state index in [4.69, 9.17) is 0 Å². The first kappa shape index (κ1) is 11.7. The highest BCUT2D eigenvalue weighted by Gasteiger charge is 2.34. The number of hydrogen-bond acceptors (Lipinski definition) is 1. The van der Waals surface area contributed by atoms with E-state index in [9.17, 15) is 0 Å². The van der Waals surface area contributed by atoms with Crippen molar-refractivity contribution in [1.29, 1.82) is 0 Å². The van der Waals surface area contributed by atoms with Gasteiger partial charge in [-0.15, -0.1) is 0 Å². The molecule has 2 rings (SSSR count). The number of pyridine rings is 1. The zero-order valence-corrected chi connectivity index (χ0v) is 10.4. The Morgan fingerprint density at radius 1 is 1.43 bits per heavy atom. The van der Waals surface area contributed by atoms with Crippen LogP contribution in [0.15, 0.2) is 24.5 Å². The minimum atomic E-state index is 0. The quantitative estimate of drug-likeness (QED) is 0.588. The van der Waals surface area contributed by atoms with E-state index in [1.807, 2.05) is 18.5 Å². The van der Waals surface area contributed by atoms with E-state index in [-0.39, 0.29) is 17.0 Å². The summed E-state index contributed by atoms with van der Waals surface area (Å²) in [6, 6.07) is 4.89. The lowest BCUT2D eigenvalue weighted by molar-refractivity contribution is -0.908. The largest absolute Gasteiger partial charge is 1.00 e. The number of halogens is 1. The zero-order valence-electron chi connectivity index (χ0n) is 8.78. The second-order valence-corrected chi connectivity index (χ2v) is 4.45. The van der Waals surface area contributed by atoms with Crippen LogP contribution in [-0.2, 0) is 0 Å². The fraction of sp³-hybridized carbons (Fsp3) is 0.545. The third-order valence-corrected chi connectivity index (χ3v) is 3.12. The average molecular weight is 257 g/mol. The molecule has 1 aromatic rings. The standard InChI is InChI=1S/C11H17N2.BrH/c1-13(2)8-4-6-11(13)10-5-3-7-12-9-10;/h3,5,7,9,11H,4,6,8H2,1-2H3;1H/q+1;/p-1/t11-;/m0./s1. The van der Waals surface area contributed by atoms with Crippen LogP contribution in [0.2, 0.25) is 0 Å². The van der Waals surface area contributed by atoms with Gasteiger partial charge in [0.1, 0.15) is 6.04 Å². The topological polar surface area (TPSA) is 12.9 Å². The first-order valence-electron chi connectivity index (χ1n) is 4.93. The molecular weight excluding hydrogens is 240 g/mol. The number of quaternary nitrogens is 1. The molecule has 1 aliphatic heterocycles. The third-order valence-electron chi connectivity index (χ3n) is 3.12. The van der Waals surface area contributed by atoms with Crippen molar-refractivity contribution in [2.24, 2.45) is 0 Å². The lowest BCUT2D eigenvalue weighted by atomic mass is 10.1. The molecule has 0 aliphatic carbocycles. The Kier molecular flexibility index (Phi) is 3.67. The molecule has 2 nitrogen and oxygen atoms in total. The van der Waals surface area contributed by atoms with Crippen LogP contribution in [0.1, 0.15) is 24.4 Å². The molecule has 0 bridgehead atoms. The molecule has 0 aromatic carbocycles. The molecule has 1 fully saturated rings. The van der Waals surface area contributed by atoms with Gasteiger partial charge < -0.3 is 21.5 Å². The minimum absolute atomic E-state index is 0. The summed E-state index contributed by atoms with van der Waals surface area (Å²) in [7, 11) is 4.62. The van der Waals surface area contributed by atoms with Crippen LogP contribution in [0.5, 0.6) is 0 Å². The summed E-state index contributed by atoms with van der Waals surface area (Å²) in [5.41, 5.74) is 1.39. The Hall–Kier alpha value is -0.410. The molecule has 0 unspecified atom stereocenters. The molecule has 1 aromatic heterocycles. The average Bonchev–Trinajstić information content (AvgIpc) is 2.47. The molecule has 0 saturated carbocycles. The Morgan fingerprint density at radius 3 is 2.71 bits per heavy atom. The summed E-state index contributed by atoms with van der Waals surface area (Å²) in [4.78, 5) is 4.18. The predicted octanol–water partition coefficient (Wildman–Crippen LogP) is -1.00. The summed E-state index contributed by atoms with van der Waals surface area (Å²) >= 11 is 0. The number of nitrogens with zero attached hydrogens (tertiary/aromatic N) is 2. The van der Waals surface area contributed by atoms with Crippen molar-refractivity contribution in [2.45, 2.75) is 18.9 Å². The Labute approximate surface area is 96.3 Å². The van der Waals surface area contributed by atoms with Crippen LogP contribution in [0.25, 0.3) is 0 Å². The van der Waals surface area contributed by atoms with Crippen LogP contribution in [0, 0.1) is 0 Å². The minimum Gasteiger partial charge on any atom is -1.00 e. The maximum Gasteiger partial charge on any atom is 0.116 e. The second kappa shape index (κ2) is 4.41. The highest BCUT2D eigenvalue weighted by atomic mass is 79.9. The van der Waals surface area contributed by atoms with Gasteiger partial charge in [0.25, 0.3) is 0 Å². The van der Waals surface area contributed by atoms with E-state index >= 15 is 0 Å². The van der Waals surface area contributed by atoms with Gasteiger partial charge in [-0.25, -0.2) is 0 Å². The van der Waals surface area contributed by atoms with E-state index in [1.54, 1.807) is 0 Å². The molecule has 0 radical (unpaired) electrons. The molecule has 2 heterocycles. The Morgan fingerprint density at radius 2 is 2.21 bits per heavy atom. The van der Waals surface area contributed by atoms with Gasteiger partial charge >= 0.3 is 0 Å². The molecule has 3 heteroatoms. The first-order chi connectivity index (χ1) is 6.20. The van der Waals surface area contributed by atoms with Crippen molar-refractivity contribution < 1.29 is 21.5 Å². The van der Waals surface area contributed by atoms with E-state index in [1.165, 1.54) is 24.9 Å². The van der Waals surface area contributed by atoms with Crippen molar-refractivity contribution in [3.8, 4) is 0 Å². The summed E-state index contributed by atoms with van der Waals surface area (Å²) in [5.74, 6) is 0. The van der Waals surface area contributed by atoms with Gasteiger partial charge in [-0.3, -0.25) is 4.98 Å². The maximum atomic E-state index is 4.18. The van der Waals surface area contributed by atoms with Gasteiger partial charge in [0.15, 0.2) is 0 Å². The normalized spacial score (nSPS) is 24.3. The second-order valence-electron chi connectivity index (χ2n) is 4.45. The predicted molar refractivity (Wildman–Crippen MR) is 53.2 cm³/mol. The van der Waals surface area contributed by atoms with Crippen LogP contribution >= 0.6 is 0 Å². The number of aromatic nitrogens is 1. The van der Waals surface area contributed by atoms with Crippen LogP contribution < -0.4 is 17.0 Å². The van der Waals surface area contributed by atoms with Crippen LogP contribution in [-0.4, -0.2) is 30.1 Å². The van der Waals surface area contributed by atoms with Gasteiger partial charge in [0.2, 0.25) is 0 Å². The lowest BCUT2D eigenvalue weighted by Crippen LogP contribution is -3.00. The van der Waals surface area contributed by atoms with Gasteiger partial charge in [-0.1, -0.05) is 6.07 Å². The van der Waals surface area contributed by atoms with Crippen molar-refractivity contribution in [3.05, 3.63) is 30.1 Å². The smallest absolute Gasteiger partial charge is 0.116 e. The number of hydrogen-bond donors (Lipinski definition) is 0. The van der Waals surface area contributed by atoms with E-state index in [0.717, 1.165) is 4.48 Å². The highest BCUT2D eigenvalue weighted by Crippen LogP contribution is 2.35. The third kappa shape index (κ3) is 2.15.